The van der Waals surface area contributed by atoms with Crippen molar-refractivity contribution in [2.45, 2.75) is 51.3 Å². The molecule has 4 nitrogen and oxygen atoms in total. The number of amides is 1. The molecule has 7 heteroatoms. The number of alkyl halides is 3. The Bertz CT molecular complexity index is 639. The summed E-state index contributed by atoms with van der Waals surface area (Å²) < 4.78 is 50.6. The number of ether oxygens (including phenoxy) is 2. The Morgan fingerprint density at radius 1 is 1.24 bits per heavy atom. The van der Waals surface area contributed by atoms with Crippen LogP contribution in [-0.2, 0) is 22.1 Å². The lowest BCUT2D eigenvalue weighted by atomic mass is 9.99. The zero-order valence-corrected chi connectivity index (χ0v) is 14.2. The van der Waals surface area contributed by atoms with Gasteiger partial charge in [-0.2, -0.15) is 13.2 Å². The summed E-state index contributed by atoms with van der Waals surface area (Å²) in [6.45, 7) is 2.89. The number of benzene rings is 1. The number of nitrogens with zero attached hydrogens (tertiary/aromatic N) is 1. The topological polar surface area (TPSA) is 38.8 Å². The molecule has 0 saturated carbocycles. The first-order valence-corrected chi connectivity index (χ1v) is 8.63. The smallest absolute Gasteiger partial charge is 0.416 e. The number of halogens is 3. The minimum Gasteiger partial charge on any atom is -0.446 e. The van der Waals surface area contributed by atoms with Gasteiger partial charge in [0.15, 0.2) is 0 Å². The summed E-state index contributed by atoms with van der Waals surface area (Å²) in [7, 11) is 0. The number of anilines is 1. The predicted octanol–water partition coefficient (Wildman–Crippen LogP) is 4.47. The molecule has 3 rings (SSSR count). The van der Waals surface area contributed by atoms with E-state index in [2.05, 4.69) is 0 Å². The summed E-state index contributed by atoms with van der Waals surface area (Å²) in [4.78, 5) is 14.0. The Morgan fingerprint density at radius 3 is 2.64 bits per heavy atom. The number of hydrogen-bond acceptors (Lipinski definition) is 3. The molecular weight excluding hydrogens is 335 g/mol. The van der Waals surface area contributed by atoms with Gasteiger partial charge in [-0.15, -0.1) is 0 Å². The van der Waals surface area contributed by atoms with Gasteiger partial charge >= 0.3 is 12.3 Å². The fraction of sp³-hybridized carbons (Fsp3) is 0.611. The number of carbonyl (C=O) groups excluding carboxylic acids is 1. The van der Waals surface area contributed by atoms with Crippen molar-refractivity contribution in [2.75, 3.05) is 24.7 Å². The molecule has 2 aliphatic rings. The SMILES string of the molecule is Cc1cc2c(cc1C(F)(F)F)N(C(=O)OC1CCOCC1)CCCC2. The number of rotatable bonds is 1. The van der Waals surface area contributed by atoms with Crippen LogP contribution in [0.2, 0.25) is 0 Å². The molecular formula is C18H22F3NO3. The molecule has 0 unspecified atom stereocenters. The largest absolute Gasteiger partial charge is 0.446 e. The van der Waals surface area contributed by atoms with Gasteiger partial charge in [-0.25, -0.2) is 4.79 Å². The van der Waals surface area contributed by atoms with Gasteiger partial charge in [-0.3, -0.25) is 4.90 Å². The van der Waals surface area contributed by atoms with E-state index in [1.165, 1.54) is 11.8 Å². The molecule has 0 aromatic heterocycles. The van der Waals surface area contributed by atoms with E-state index in [4.69, 9.17) is 9.47 Å². The highest BCUT2D eigenvalue weighted by Gasteiger charge is 2.35. The van der Waals surface area contributed by atoms with Crippen molar-refractivity contribution in [2.24, 2.45) is 0 Å². The highest BCUT2D eigenvalue weighted by atomic mass is 19.4. The average molecular weight is 357 g/mol. The molecule has 0 bridgehead atoms. The highest BCUT2D eigenvalue weighted by molar-refractivity contribution is 5.89. The second-order valence-electron chi connectivity index (χ2n) is 6.60. The van der Waals surface area contributed by atoms with Crippen LogP contribution in [0.15, 0.2) is 12.1 Å². The van der Waals surface area contributed by atoms with Gasteiger partial charge < -0.3 is 9.47 Å². The quantitative estimate of drug-likeness (QED) is 0.744. The van der Waals surface area contributed by atoms with E-state index in [0.29, 0.717) is 44.7 Å². The molecule has 25 heavy (non-hydrogen) atoms. The second-order valence-corrected chi connectivity index (χ2v) is 6.60. The Kier molecular flexibility index (Phi) is 5.22. The summed E-state index contributed by atoms with van der Waals surface area (Å²) in [6.07, 6.45) is -1.77. The number of carbonyl (C=O) groups is 1. The van der Waals surface area contributed by atoms with Gasteiger partial charge in [-0.05, 0) is 43.4 Å². The van der Waals surface area contributed by atoms with Crippen molar-refractivity contribution in [1.82, 2.24) is 0 Å². The van der Waals surface area contributed by atoms with Crippen LogP contribution in [0.1, 0.15) is 42.4 Å². The Labute approximate surface area is 144 Å². The lowest BCUT2D eigenvalue weighted by Crippen LogP contribution is -2.37. The van der Waals surface area contributed by atoms with Gasteiger partial charge in [0.2, 0.25) is 0 Å². The maximum atomic E-state index is 13.3. The van der Waals surface area contributed by atoms with Crippen LogP contribution in [0, 0.1) is 6.92 Å². The monoisotopic (exact) mass is 357 g/mol. The normalized spacial score (nSPS) is 19.3. The van der Waals surface area contributed by atoms with Crippen LogP contribution in [-0.4, -0.2) is 32.0 Å². The molecule has 138 valence electrons. The molecule has 2 heterocycles. The third kappa shape index (κ3) is 4.08. The van der Waals surface area contributed by atoms with Gasteiger partial charge in [0.25, 0.3) is 0 Å². The summed E-state index contributed by atoms with van der Waals surface area (Å²) in [6, 6.07) is 2.65. The lowest BCUT2D eigenvalue weighted by Gasteiger charge is -2.28. The standard InChI is InChI=1S/C18H22F3NO3/c1-12-10-13-4-2-3-7-22(16(13)11-15(12)18(19,20)21)17(23)25-14-5-8-24-9-6-14/h10-11,14H,2-9H2,1H3. The molecule has 0 radical (unpaired) electrons. The van der Waals surface area contributed by atoms with E-state index in [-0.39, 0.29) is 11.7 Å². The Hall–Kier alpha value is -1.76. The third-order valence-corrected chi connectivity index (χ3v) is 4.76. The first kappa shape index (κ1) is 18.0. The number of aryl methyl sites for hydroxylation is 2. The minimum atomic E-state index is -4.44. The van der Waals surface area contributed by atoms with Gasteiger partial charge in [0.05, 0.1) is 24.5 Å². The van der Waals surface area contributed by atoms with Crippen molar-refractivity contribution in [3.8, 4) is 0 Å². The van der Waals surface area contributed by atoms with E-state index in [1.54, 1.807) is 6.07 Å². The van der Waals surface area contributed by atoms with Crippen LogP contribution < -0.4 is 4.90 Å². The minimum absolute atomic E-state index is 0.186. The molecule has 1 amide bonds. The number of hydrogen-bond donors (Lipinski definition) is 0. The molecule has 0 spiro atoms. The van der Waals surface area contributed by atoms with Gasteiger partial charge in [0, 0.05) is 19.4 Å². The fourth-order valence-electron chi connectivity index (χ4n) is 3.41. The third-order valence-electron chi connectivity index (χ3n) is 4.76. The van der Waals surface area contributed by atoms with Gasteiger partial charge in [-0.1, -0.05) is 6.07 Å². The molecule has 1 aromatic carbocycles. The molecule has 1 saturated heterocycles. The maximum Gasteiger partial charge on any atom is 0.416 e. The lowest BCUT2D eigenvalue weighted by molar-refractivity contribution is -0.138. The van der Waals surface area contributed by atoms with Gasteiger partial charge in [0.1, 0.15) is 6.10 Å². The zero-order valence-electron chi connectivity index (χ0n) is 14.2. The average Bonchev–Trinajstić information content (AvgIpc) is 2.76. The summed E-state index contributed by atoms with van der Waals surface area (Å²) >= 11 is 0. The summed E-state index contributed by atoms with van der Waals surface area (Å²) in [5.74, 6) is 0. The van der Waals surface area contributed by atoms with Crippen molar-refractivity contribution in [1.29, 1.82) is 0 Å². The van der Waals surface area contributed by atoms with E-state index in [9.17, 15) is 18.0 Å². The first-order chi connectivity index (χ1) is 11.9. The molecule has 1 aromatic rings. The molecule has 0 aliphatic carbocycles. The van der Waals surface area contributed by atoms with E-state index in [1.807, 2.05) is 0 Å². The van der Waals surface area contributed by atoms with Crippen LogP contribution in [0.5, 0.6) is 0 Å². The van der Waals surface area contributed by atoms with Crippen LogP contribution in [0.4, 0.5) is 23.7 Å². The Balaban J connectivity index is 1.89. The molecule has 0 atom stereocenters. The molecule has 0 N–H and O–H groups in total. The Morgan fingerprint density at radius 2 is 1.96 bits per heavy atom. The van der Waals surface area contributed by atoms with Crippen molar-refractivity contribution >= 4 is 11.8 Å². The van der Waals surface area contributed by atoms with Crippen LogP contribution >= 0.6 is 0 Å². The van der Waals surface area contributed by atoms with E-state index < -0.39 is 17.8 Å². The molecule has 2 aliphatic heterocycles. The van der Waals surface area contributed by atoms with Crippen LogP contribution in [0.25, 0.3) is 0 Å². The summed E-state index contributed by atoms with van der Waals surface area (Å²) in [5, 5.41) is 0. The van der Waals surface area contributed by atoms with Crippen molar-refractivity contribution in [3.05, 3.63) is 28.8 Å². The highest BCUT2D eigenvalue weighted by Crippen LogP contribution is 2.38. The zero-order chi connectivity index (χ0) is 18.0. The first-order valence-electron chi connectivity index (χ1n) is 8.63. The van der Waals surface area contributed by atoms with Crippen LogP contribution in [0.3, 0.4) is 0 Å². The maximum absolute atomic E-state index is 13.3. The van der Waals surface area contributed by atoms with Crippen molar-refractivity contribution in [3.63, 3.8) is 0 Å². The van der Waals surface area contributed by atoms with E-state index >= 15 is 0 Å². The van der Waals surface area contributed by atoms with E-state index in [0.717, 1.165) is 24.5 Å². The second kappa shape index (κ2) is 7.23. The number of fused-ring (bicyclic) bond motifs is 1. The fourth-order valence-corrected chi connectivity index (χ4v) is 3.41. The predicted molar refractivity (Wildman–Crippen MR) is 86.8 cm³/mol. The van der Waals surface area contributed by atoms with Crippen molar-refractivity contribution < 1.29 is 27.4 Å². The molecule has 1 fully saturated rings. The summed E-state index contributed by atoms with van der Waals surface area (Å²) in [5.41, 5.74) is 0.585.